The van der Waals surface area contributed by atoms with Crippen LogP contribution in [0.4, 0.5) is 0 Å². The van der Waals surface area contributed by atoms with E-state index in [0.717, 1.165) is 5.56 Å². The van der Waals surface area contributed by atoms with Gasteiger partial charge in [-0.1, -0.05) is 0 Å². The van der Waals surface area contributed by atoms with Crippen LogP contribution in [-0.2, 0) is 6.42 Å². The van der Waals surface area contributed by atoms with E-state index in [1.165, 1.54) is 0 Å². The first-order chi connectivity index (χ1) is 5.74. The van der Waals surface area contributed by atoms with Crippen LogP contribution in [0, 0.1) is 0 Å². The highest BCUT2D eigenvalue weighted by molar-refractivity contribution is 5.17. The molecule has 1 aromatic heterocycles. The summed E-state index contributed by atoms with van der Waals surface area (Å²) >= 11 is 0. The number of aromatic nitrogens is 1. The van der Waals surface area contributed by atoms with Gasteiger partial charge in [0, 0.05) is 12.8 Å². The molecule has 0 fully saturated rings. The van der Waals surface area contributed by atoms with E-state index in [1.54, 1.807) is 19.2 Å². The molecule has 0 aliphatic heterocycles. The van der Waals surface area contributed by atoms with E-state index in [2.05, 4.69) is 4.98 Å². The molecule has 0 aliphatic carbocycles. The molecule has 1 aromatic rings. The second-order valence-corrected chi connectivity index (χ2v) is 2.74. The maximum atomic E-state index is 9.19. The summed E-state index contributed by atoms with van der Waals surface area (Å²) < 4.78 is 0. The largest absolute Gasteiger partial charge is 0.396 e. The van der Waals surface area contributed by atoms with Gasteiger partial charge in [-0.25, -0.2) is 0 Å². The molecule has 66 valence electrons. The SMILES string of the molecule is CC(O)c1cc(CCO)ccn1. The highest BCUT2D eigenvalue weighted by Crippen LogP contribution is 2.10. The first kappa shape index (κ1) is 9.16. The molecule has 0 radical (unpaired) electrons. The zero-order valence-electron chi connectivity index (χ0n) is 7.07. The monoisotopic (exact) mass is 167 g/mol. The molecule has 1 heterocycles. The van der Waals surface area contributed by atoms with Crippen LogP contribution >= 0.6 is 0 Å². The van der Waals surface area contributed by atoms with Gasteiger partial charge in [-0.3, -0.25) is 4.98 Å². The summed E-state index contributed by atoms with van der Waals surface area (Å²) in [6, 6.07) is 3.64. The summed E-state index contributed by atoms with van der Waals surface area (Å²) in [7, 11) is 0. The summed E-state index contributed by atoms with van der Waals surface area (Å²) in [5.74, 6) is 0. The van der Waals surface area contributed by atoms with Crippen LogP contribution in [0.15, 0.2) is 18.3 Å². The zero-order valence-corrected chi connectivity index (χ0v) is 7.07. The molecule has 2 N–H and O–H groups in total. The maximum Gasteiger partial charge on any atom is 0.0931 e. The Kier molecular flexibility index (Phi) is 3.19. The van der Waals surface area contributed by atoms with Gasteiger partial charge in [0.2, 0.25) is 0 Å². The zero-order chi connectivity index (χ0) is 8.97. The third-order valence-electron chi connectivity index (χ3n) is 1.67. The van der Waals surface area contributed by atoms with Crippen molar-refractivity contribution in [1.82, 2.24) is 4.98 Å². The molecular weight excluding hydrogens is 154 g/mol. The van der Waals surface area contributed by atoms with Gasteiger partial charge in [0.15, 0.2) is 0 Å². The number of pyridine rings is 1. The molecule has 0 amide bonds. The Morgan fingerprint density at radius 3 is 2.92 bits per heavy atom. The van der Waals surface area contributed by atoms with E-state index >= 15 is 0 Å². The van der Waals surface area contributed by atoms with Gasteiger partial charge in [0.25, 0.3) is 0 Å². The Bertz CT molecular complexity index is 248. The second-order valence-electron chi connectivity index (χ2n) is 2.74. The first-order valence-corrected chi connectivity index (χ1v) is 3.98. The third kappa shape index (κ3) is 2.29. The summed E-state index contributed by atoms with van der Waals surface area (Å²) in [5.41, 5.74) is 1.66. The standard InChI is InChI=1S/C9H13NO2/c1-7(12)9-6-8(3-5-11)2-4-10-9/h2,4,6-7,11-12H,3,5H2,1H3. The molecule has 0 saturated heterocycles. The van der Waals surface area contributed by atoms with Gasteiger partial charge in [0.05, 0.1) is 11.8 Å². The Morgan fingerprint density at radius 1 is 1.58 bits per heavy atom. The van der Waals surface area contributed by atoms with Crippen LogP contribution in [0.3, 0.4) is 0 Å². The minimum absolute atomic E-state index is 0.128. The average molecular weight is 167 g/mol. The lowest BCUT2D eigenvalue weighted by atomic mass is 10.1. The summed E-state index contributed by atoms with van der Waals surface area (Å²) in [6.07, 6.45) is 1.72. The van der Waals surface area contributed by atoms with E-state index < -0.39 is 6.10 Å². The lowest BCUT2D eigenvalue weighted by molar-refractivity contribution is 0.194. The van der Waals surface area contributed by atoms with Gasteiger partial charge in [-0.05, 0) is 31.0 Å². The van der Waals surface area contributed by atoms with Crippen molar-refractivity contribution in [3.05, 3.63) is 29.6 Å². The summed E-state index contributed by atoms with van der Waals surface area (Å²) in [6.45, 7) is 1.80. The van der Waals surface area contributed by atoms with Crippen molar-refractivity contribution in [3.8, 4) is 0 Å². The van der Waals surface area contributed by atoms with E-state index in [-0.39, 0.29) is 6.61 Å². The van der Waals surface area contributed by atoms with Crippen LogP contribution in [0.25, 0.3) is 0 Å². The molecule has 0 aromatic carbocycles. The summed E-state index contributed by atoms with van der Waals surface area (Å²) in [4.78, 5) is 3.99. The van der Waals surface area contributed by atoms with Gasteiger partial charge in [-0.2, -0.15) is 0 Å². The van der Waals surface area contributed by atoms with Crippen LogP contribution in [0.5, 0.6) is 0 Å². The van der Waals surface area contributed by atoms with E-state index in [9.17, 15) is 5.11 Å². The highest BCUT2D eigenvalue weighted by Gasteiger charge is 2.02. The Balaban J connectivity index is 2.81. The fraction of sp³-hybridized carbons (Fsp3) is 0.444. The van der Waals surface area contributed by atoms with E-state index in [4.69, 9.17) is 5.11 Å². The summed E-state index contributed by atoms with van der Waals surface area (Å²) in [5, 5.41) is 17.9. The van der Waals surface area contributed by atoms with Crippen LogP contribution in [0.2, 0.25) is 0 Å². The van der Waals surface area contributed by atoms with Crippen molar-refractivity contribution >= 4 is 0 Å². The molecule has 3 nitrogen and oxygen atoms in total. The van der Waals surface area contributed by atoms with E-state index in [0.29, 0.717) is 12.1 Å². The van der Waals surface area contributed by atoms with Crippen LogP contribution < -0.4 is 0 Å². The number of nitrogens with zero attached hydrogens (tertiary/aromatic N) is 1. The van der Waals surface area contributed by atoms with Crippen molar-refractivity contribution in [3.63, 3.8) is 0 Å². The lowest BCUT2D eigenvalue weighted by Gasteiger charge is -2.04. The molecule has 0 aliphatic rings. The number of hydrogen-bond donors (Lipinski definition) is 2. The molecule has 0 saturated carbocycles. The van der Waals surface area contributed by atoms with Crippen molar-refractivity contribution in [1.29, 1.82) is 0 Å². The second kappa shape index (κ2) is 4.18. The lowest BCUT2D eigenvalue weighted by Crippen LogP contribution is -1.98. The Labute approximate surface area is 71.7 Å². The molecule has 1 rings (SSSR count). The predicted molar refractivity (Wildman–Crippen MR) is 45.7 cm³/mol. The molecule has 0 bridgehead atoms. The van der Waals surface area contributed by atoms with E-state index in [1.807, 2.05) is 6.07 Å². The Morgan fingerprint density at radius 2 is 2.33 bits per heavy atom. The first-order valence-electron chi connectivity index (χ1n) is 3.98. The van der Waals surface area contributed by atoms with Crippen molar-refractivity contribution < 1.29 is 10.2 Å². The van der Waals surface area contributed by atoms with Crippen LogP contribution in [0.1, 0.15) is 24.3 Å². The average Bonchev–Trinajstić information content (AvgIpc) is 2.05. The smallest absolute Gasteiger partial charge is 0.0931 e. The minimum Gasteiger partial charge on any atom is -0.396 e. The third-order valence-corrected chi connectivity index (χ3v) is 1.67. The fourth-order valence-corrected chi connectivity index (χ4v) is 1.01. The molecule has 1 unspecified atom stereocenters. The topological polar surface area (TPSA) is 53.4 Å². The predicted octanol–water partition coefficient (Wildman–Crippen LogP) is 0.670. The molecule has 3 heteroatoms. The fourth-order valence-electron chi connectivity index (χ4n) is 1.01. The van der Waals surface area contributed by atoms with Crippen molar-refractivity contribution in [2.24, 2.45) is 0 Å². The molecule has 12 heavy (non-hydrogen) atoms. The Hall–Kier alpha value is -0.930. The molecule has 0 spiro atoms. The van der Waals surface area contributed by atoms with Crippen molar-refractivity contribution in [2.45, 2.75) is 19.4 Å². The number of hydrogen-bond acceptors (Lipinski definition) is 3. The number of aliphatic hydroxyl groups is 2. The number of rotatable bonds is 3. The molecular formula is C9H13NO2. The highest BCUT2D eigenvalue weighted by atomic mass is 16.3. The van der Waals surface area contributed by atoms with Gasteiger partial charge < -0.3 is 10.2 Å². The maximum absolute atomic E-state index is 9.19. The van der Waals surface area contributed by atoms with Gasteiger partial charge in [0.1, 0.15) is 0 Å². The quantitative estimate of drug-likeness (QED) is 0.695. The molecule has 1 atom stereocenters. The van der Waals surface area contributed by atoms with Crippen LogP contribution in [-0.4, -0.2) is 21.8 Å². The normalized spacial score (nSPS) is 12.9. The number of aliphatic hydroxyl groups excluding tert-OH is 2. The van der Waals surface area contributed by atoms with Crippen molar-refractivity contribution in [2.75, 3.05) is 6.61 Å². The van der Waals surface area contributed by atoms with Gasteiger partial charge >= 0.3 is 0 Å². The minimum atomic E-state index is -0.538. The van der Waals surface area contributed by atoms with Gasteiger partial charge in [-0.15, -0.1) is 0 Å².